The number of H-pyrrole nitrogens is 1. The highest BCUT2D eigenvalue weighted by Gasteiger charge is 2.33. The van der Waals surface area contributed by atoms with E-state index in [0.717, 1.165) is 35.0 Å². The number of carbonyl (C=O) groups is 1. The maximum atomic E-state index is 15.0. The molecule has 2 N–H and O–H groups in total. The number of pyridine rings is 2. The van der Waals surface area contributed by atoms with Gasteiger partial charge < -0.3 is 9.55 Å². The van der Waals surface area contributed by atoms with Crippen LogP contribution in [0.25, 0.3) is 32.9 Å². The maximum absolute atomic E-state index is 15.0. The van der Waals surface area contributed by atoms with E-state index in [2.05, 4.69) is 9.71 Å². The fourth-order valence-corrected chi connectivity index (χ4v) is 5.87. The molecule has 0 aliphatic heterocycles. The number of nitrogens with one attached hydrogen (secondary N) is 2. The van der Waals surface area contributed by atoms with Crippen molar-refractivity contribution in [2.75, 3.05) is 0 Å². The van der Waals surface area contributed by atoms with Crippen LogP contribution in [0.15, 0.2) is 65.6 Å². The van der Waals surface area contributed by atoms with Gasteiger partial charge in [-0.1, -0.05) is 18.2 Å². The zero-order valence-electron chi connectivity index (χ0n) is 20.9. The molecule has 1 aliphatic carbocycles. The minimum Gasteiger partial charge on any atom is -0.331 e. The molecule has 192 valence electrons. The van der Waals surface area contributed by atoms with E-state index in [-0.39, 0.29) is 28.6 Å². The lowest BCUT2D eigenvalue weighted by molar-refractivity contribution is 0.0975. The largest absolute Gasteiger partial charge is 0.331 e. The summed E-state index contributed by atoms with van der Waals surface area (Å²) in [7, 11) is -1.55. The van der Waals surface area contributed by atoms with Gasteiger partial charge >= 0.3 is 0 Å². The average molecular weight is 529 g/mol. The highest BCUT2D eigenvalue weighted by Crippen LogP contribution is 2.36. The number of carbonyl (C=O) groups excluding carboxylic acids is 1. The molecule has 38 heavy (non-hydrogen) atoms. The lowest BCUT2D eigenvalue weighted by Gasteiger charge is -2.14. The Labute approximate surface area is 220 Å². The number of hydrogen-bond donors (Lipinski definition) is 2. The molecule has 6 rings (SSSR count). The van der Waals surface area contributed by atoms with Gasteiger partial charge in [0, 0.05) is 33.8 Å². The summed E-state index contributed by atoms with van der Waals surface area (Å²) in [5.74, 6) is -0.999. The molecule has 1 unspecified atom stereocenters. The van der Waals surface area contributed by atoms with E-state index in [4.69, 9.17) is 4.98 Å². The summed E-state index contributed by atoms with van der Waals surface area (Å²) in [6.07, 6.45) is 3.09. The minimum atomic E-state index is -1.55. The number of halogens is 1. The standard InChI is InChI=1S/C29H25FN4O3S/c1-16-12-22-25(14-23(16)30)34(15-19-13-18-6-3-4-8-24(18)32-17(19)2)27(29(36)33-38(37)20-9-10-20)26(22)21-7-5-11-31-28(21)35/h3-8,11-14,20H,9-10,15H2,1-2H3,(H,31,35)(H,33,36). The second kappa shape index (κ2) is 9.33. The molecule has 0 radical (unpaired) electrons. The van der Waals surface area contributed by atoms with Crippen LogP contribution in [0.4, 0.5) is 4.39 Å². The number of hydrogen-bond acceptors (Lipinski definition) is 4. The Morgan fingerprint density at radius 1 is 1.16 bits per heavy atom. The summed E-state index contributed by atoms with van der Waals surface area (Å²) in [5.41, 5.74) is 3.73. The number of aromatic amines is 1. The predicted octanol–water partition coefficient (Wildman–Crippen LogP) is 4.90. The number of fused-ring (bicyclic) bond motifs is 2. The van der Waals surface area contributed by atoms with E-state index in [0.29, 0.717) is 22.0 Å². The third kappa shape index (κ3) is 4.22. The van der Waals surface area contributed by atoms with Crippen molar-refractivity contribution in [1.82, 2.24) is 19.3 Å². The van der Waals surface area contributed by atoms with Crippen LogP contribution < -0.4 is 10.3 Å². The summed E-state index contributed by atoms with van der Waals surface area (Å²) < 4.78 is 32.0. The third-order valence-electron chi connectivity index (χ3n) is 7.01. The van der Waals surface area contributed by atoms with Crippen molar-refractivity contribution in [3.8, 4) is 11.1 Å². The summed E-state index contributed by atoms with van der Waals surface area (Å²) in [6, 6.07) is 16.1. The normalized spacial score (nSPS) is 14.2. The number of aryl methyl sites for hydroxylation is 2. The number of nitrogens with zero attached hydrogens (tertiary/aromatic N) is 2. The molecule has 3 heterocycles. The lowest BCUT2D eigenvalue weighted by Crippen LogP contribution is -2.30. The van der Waals surface area contributed by atoms with Crippen molar-refractivity contribution in [3.05, 3.63) is 99.5 Å². The molecule has 1 saturated carbocycles. The van der Waals surface area contributed by atoms with Gasteiger partial charge in [0.25, 0.3) is 11.5 Å². The summed E-state index contributed by atoms with van der Waals surface area (Å²) >= 11 is 0. The predicted molar refractivity (Wildman–Crippen MR) is 147 cm³/mol. The summed E-state index contributed by atoms with van der Waals surface area (Å²) in [6.45, 7) is 3.74. The first kappa shape index (κ1) is 24.2. The molecular formula is C29H25FN4O3S. The Morgan fingerprint density at radius 2 is 1.95 bits per heavy atom. The van der Waals surface area contributed by atoms with Gasteiger partial charge in [-0.25, -0.2) is 8.60 Å². The molecule has 9 heteroatoms. The molecular weight excluding hydrogens is 503 g/mol. The Bertz CT molecular complexity index is 1840. The zero-order valence-corrected chi connectivity index (χ0v) is 21.7. The molecule has 1 amide bonds. The summed E-state index contributed by atoms with van der Waals surface area (Å²) in [4.78, 5) is 34.1. The molecule has 3 aromatic heterocycles. The fraction of sp³-hybridized carbons (Fsp3) is 0.207. The fourth-order valence-electron chi connectivity index (χ4n) is 4.86. The van der Waals surface area contributed by atoms with E-state index in [1.165, 1.54) is 12.3 Å². The SMILES string of the molecule is Cc1cc2c(-c3ccc[nH]c3=O)c(C(=O)NS(=O)C3CC3)n(Cc3cc4ccccc4nc3C)c2cc1F. The molecule has 1 fully saturated rings. The highest BCUT2D eigenvalue weighted by molar-refractivity contribution is 7.84. The maximum Gasteiger partial charge on any atom is 0.280 e. The van der Waals surface area contributed by atoms with Gasteiger partial charge in [-0.3, -0.25) is 19.3 Å². The summed E-state index contributed by atoms with van der Waals surface area (Å²) in [5, 5.41) is 1.42. The zero-order chi connectivity index (χ0) is 26.6. The van der Waals surface area contributed by atoms with Gasteiger partial charge in [0.15, 0.2) is 0 Å². The molecule has 0 spiro atoms. The quantitative estimate of drug-likeness (QED) is 0.328. The van der Waals surface area contributed by atoms with Crippen LogP contribution in [0.5, 0.6) is 0 Å². The third-order valence-corrected chi connectivity index (χ3v) is 8.48. The topological polar surface area (TPSA) is 96.9 Å². The van der Waals surface area contributed by atoms with Crippen molar-refractivity contribution in [2.24, 2.45) is 0 Å². The second-order valence-corrected chi connectivity index (χ2v) is 11.2. The monoisotopic (exact) mass is 528 g/mol. The number of para-hydroxylation sites is 1. The van der Waals surface area contributed by atoms with Crippen molar-refractivity contribution < 1.29 is 13.4 Å². The lowest BCUT2D eigenvalue weighted by atomic mass is 10.0. The first-order valence-electron chi connectivity index (χ1n) is 12.4. The average Bonchev–Trinajstić information content (AvgIpc) is 3.70. The van der Waals surface area contributed by atoms with E-state index < -0.39 is 22.7 Å². The van der Waals surface area contributed by atoms with Crippen LogP contribution >= 0.6 is 0 Å². The van der Waals surface area contributed by atoms with E-state index in [1.54, 1.807) is 29.7 Å². The molecule has 2 aromatic carbocycles. The number of benzene rings is 2. The van der Waals surface area contributed by atoms with Gasteiger partial charge in [0.2, 0.25) is 0 Å². The molecule has 1 aliphatic rings. The van der Waals surface area contributed by atoms with Crippen molar-refractivity contribution >= 4 is 38.7 Å². The van der Waals surface area contributed by atoms with Gasteiger partial charge in [-0.05, 0) is 74.2 Å². The molecule has 5 aromatic rings. The van der Waals surface area contributed by atoms with Crippen molar-refractivity contribution in [2.45, 2.75) is 38.5 Å². The van der Waals surface area contributed by atoms with Gasteiger partial charge in [-0.15, -0.1) is 0 Å². The Kier molecular flexibility index (Phi) is 5.95. The van der Waals surface area contributed by atoms with Crippen molar-refractivity contribution in [3.63, 3.8) is 0 Å². The van der Waals surface area contributed by atoms with Crippen LogP contribution in [0.3, 0.4) is 0 Å². The molecule has 7 nitrogen and oxygen atoms in total. The molecule has 0 saturated heterocycles. The minimum absolute atomic E-state index is 0.0769. The number of aromatic nitrogens is 3. The Balaban J connectivity index is 1.63. The van der Waals surface area contributed by atoms with Crippen LogP contribution in [0.2, 0.25) is 0 Å². The van der Waals surface area contributed by atoms with Crippen LogP contribution in [0, 0.1) is 19.7 Å². The van der Waals surface area contributed by atoms with E-state index in [1.807, 2.05) is 37.3 Å². The van der Waals surface area contributed by atoms with Gasteiger partial charge in [-0.2, -0.15) is 0 Å². The smallest absolute Gasteiger partial charge is 0.280 e. The Hall–Kier alpha value is -4.11. The first-order valence-corrected chi connectivity index (χ1v) is 13.6. The molecule has 0 bridgehead atoms. The van der Waals surface area contributed by atoms with Gasteiger partial charge in [0.1, 0.15) is 22.5 Å². The van der Waals surface area contributed by atoms with Crippen LogP contribution in [-0.2, 0) is 17.5 Å². The number of rotatable bonds is 6. The van der Waals surface area contributed by atoms with E-state index in [9.17, 15) is 18.2 Å². The molecule has 1 atom stereocenters. The second-order valence-electron chi connectivity index (χ2n) is 9.69. The highest BCUT2D eigenvalue weighted by atomic mass is 32.2. The van der Waals surface area contributed by atoms with Gasteiger partial charge in [0.05, 0.1) is 22.8 Å². The Morgan fingerprint density at radius 3 is 2.71 bits per heavy atom. The first-order chi connectivity index (χ1) is 18.3. The van der Waals surface area contributed by atoms with Crippen LogP contribution in [0.1, 0.15) is 40.2 Å². The number of amides is 1. The van der Waals surface area contributed by atoms with Crippen LogP contribution in [-0.4, -0.2) is 29.9 Å². The van der Waals surface area contributed by atoms with Crippen molar-refractivity contribution in [1.29, 1.82) is 0 Å². The van der Waals surface area contributed by atoms with E-state index >= 15 is 0 Å².